The molecule has 2 rings (SSSR count). The number of esters is 1. The van der Waals surface area contributed by atoms with E-state index in [9.17, 15) is 19.7 Å². The highest BCUT2D eigenvalue weighted by Crippen LogP contribution is 2.27. The lowest BCUT2D eigenvalue weighted by Crippen LogP contribution is -2.22. The van der Waals surface area contributed by atoms with Gasteiger partial charge in [-0.25, -0.2) is 0 Å². The van der Waals surface area contributed by atoms with Crippen LogP contribution in [-0.2, 0) is 14.3 Å². The lowest BCUT2D eigenvalue weighted by molar-refractivity contribution is -0.383. The first kappa shape index (κ1) is 17.0. The number of hydrogen-bond donors (Lipinski definition) is 1. The van der Waals surface area contributed by atoms with Crippen LogP contribution in [0, 0.1) is 16.0 Å². The molecule has 1 aromatic carbocycles. The summed E-state index contributed by atoms with van der Waals surface area (Å²) in [5, 5.41) is 13.5. The fourth-order valence-electron chi connectivity index (χ4n) is 2.24. The van der Waals surface area contributed by atoms with Crippen molar-refractivity contribution in [3.05, 3.63) is 45.5 Å². The standard InChI is InChI=1S/C15H15ClN2O5/c16-11-5-6-13(18(21)22)12(8-11)17-14(19)9-23-15(20)7-10-3-1-2-4-10/h1,3,5-6,8,10H,2,4,7,9H2,(H,17,19)/t10-/m1/s1. The second kappa shape index (κ2) is 7.73. The molecule has 122 valence electrons. The van der Waals surface area contributed by atoms with Crippen LogP contribution in [0.1, 0.15) is 19.3 Å². The first-order chi connectivity index (χ1) is 11.0. The second-order valence-corrected chi connectivity index (χ2v) is 5.53. The minimum atomic E-state index is -0.661. The van der Waals surface area contributed by atoms with E-state index in [0.29, 0.717) is 0 Å². The third-order valence-electron chi connectivity index (χ3n) is 3.33. The topological polar surface area (TPSA) is 98.5 Å². The summed E-state index contributed by atoms with van der Waals surface area (Å²) in [4.78, 5) is 33.7. The molecule has 1 aliphatic carbocycles. The van der Waals surface area contributed by atoms with Crippen LogP contribution >= 0.6 is 11.6 Å². The third-order valence-corrected chi connectivity index (χ3v) is 3.57. The maximum atomic E-state index is 11.8. The summed E-state index contributed by atoms with van der Waals surface area (Å²) in [5.74, 6) is -0.984. The minimum absolute atomic E-state index is 0.0396. The monoisotopic (exact) mass is 338 g/mol. The molecule has 0 saturated heterocycles. The molecule has 0 bridgehead atoms. The van der Waals surface area contributed by atoms with E-state index in [0.717, 1.165) is 12.8 Å². The maximum absolute atomic E-state index is 11.8. The van der Waals surface area contributed by atoms with E-state index in [-0.39, 0.29) is 28.7 Å². The van der Waals surface area contributed by atoms with Crippen molar-refractivity contribution in [1.82, 2.24) is 0 Å². The highest BCUT2D eigenvalue weighted by atomic mass is 35.5. The van der Waals surface area contributed by atoms with E-state index in [1.165, 1.54) is 18.2 Å². The van der Waals surface area contributed by atoms with Gasteiger partial charge in [-0.05, 0) is 30.9 Å². The van der Waals surface area contributed by atoms with Gasteiger partial charge in [0.2, 0.25) is 0 Å². The van der Waals surface area contributed by atoms with Crippen molar-refractivity contribution < 1.29 is 19.2 Å². The van der Waals surface area contributed by atoms with Crippen LogP contribution in [0.5, 0.6) is 0 Å². The van der Waals surface area contributed by atoms with Gasteiger partial charge in [0.25, 0.3) is 11.6 Å². The smallest absolute Gasteiger partial charge is 0.306 e. The zero-order valence-corrected chi connectivity index (χ0v) is 12.9. The normalized spacial score (nSPS) is 16.1. The summed E-state index contributed by atoms with van der Waals surface area (Å²) in [6.07, 6.45) is 6.02. The number of carbonyl (C=O) groups excluding carboxylic acids is 2. The molecule has 8 heteroatoms. The zero-order valence-electron chi connectivity index (χ0n) is 12.2. The van der Waals surface area contributed by atoms with Gasteiger partial charge in [-0.2, -0.15) is 0 Å². The molecule has 0 radical (unpaired) electrons. The van der Waals surface area contributed by atoms with Crippen LogP contribution in [0.4, 0.5) is 11.4 Å². The van der Waals surface area contributed by atoms with E-state index >= 15 is 0 Å². The highest BCUT2D eigenvalue weighted by Gasteiger charge is 2.18. The van der Waals surface area contributed by atoms with E-state index in [1.807, 2.05) is 12.2 Å². The molecule has 0 aromatic heterocycles. The first-order valence-electron chi connectivity index (χ1n) is 7.02. The number of carbonyl (C=O) groups is 2. The number of nitrogens with zero attached hydrogens (tertiary/aromatic N) is 1. The summed E-state index contributed by atoms with van der Waals surface area (Å²) in [7, 11) is 0. The summed E-state index contributed by atoms with van der Waals surface area (Å²) in [5.41, 5.74) is -0.326. The van der Waals surface area contributed by atoms with Gasteiger partial charge in [-0.1, -0.05) is 23.8 Å². The number of hydrogen-bond acceptors (Lipinski definition) is 5. The fraction of sp³-hybridized carbons (Fsp3) is 0.333. The Kier molecular flexibility index (Phi) is 5.70. The van der Waals surface area contributed by atoms with Gasteiger partial charge >= 0.3 is 5.97 Å². The first-order valence-corrected chi connectivity index (χ1v) is 7.39. The van der Waals surface area contributed by atoms with Crippen LogP contribution in [0.2, 0.25) is 5.02 Å². The fourth-order valence-corrected chi connectivity index (χ4v) is 2.41. The molecule has 0 aliphatic heterocycles. The van der Waals surface area contributed by atoms with Gasteiger partial charge in [0.15, 0.2) is 6.61 Å². The Morgan fingerprint density at radius 1 is 1.43 bits per heavy atom. The summed E-state index contributed by atoms with van der Waals surface area (Å²) in [6.45, 7) is -0.501. The van der Waals surface area contributed by atoms with Crippen LogP contribution in [0.3, 0.4) is 0 Å². The molecule has 0 fully saturated rings. The van der Waals surface area contributed by atoms with Crippen LogP contribution in [0.25, 0.3) is 0 Å². The van der Waals surface area contributed by atoms with Crippen molar-refractivity contribution in [2.45, 2.75) is 19.3 Å². The number of benzene rings is 1. The Morgan fingerprint density at radius 2 is 2.22 bits per heavy atom. The van der Waals surface area contributed by atoms with Gasteiger partial charge in [0.05, 0.1) is 11.3 Å². The Labute approximate surface area is 137 Å². The number of anilines is 1. The molecular formula is C15H15ClN2O5. The number of amides is 1. The predicted molar refractivity (Wildman–Crippen MR) is 84.2 cm³/mol. The number of rotatable bonds is 6. The minimum Gasteiger partial charge on any atom is -0.456 e. The zero-order chi connectivity index (χ0) is 16.8. The molecule has 1 amide bonds. The average Bonchev–Trinajstić information content (AvgIpc) is 2.98. The van der Waals surface area contributed by atoms with E-state index in [4.69, 9.17) is 16.3 Å². The van der Waals surface area contributed by atoms with Crippen LogP contribution < -0.4 is 5.32 Å². The molecule has 1 N–H and O–H groups in total. The molecule has 0 unspecified atom stereocenters. The molecule has 7 nitrogen and oxygen atoms in total. The van der Waals surface area contributed by atoms with E-state index < -0.39 is 23.4 Å². The number of halogens is 1. The van der Waals surface area contributed by atoms with Crippen molar-refractivity contribution in [3.63, 3.8) is 0 Å². The van der Waals surface area contributed by atoms with Gasteiger partial charge < -0.3 is 10.1 Å². The summed E-state index contributed by atoms with van der Waals surface area (Å²) in [6, 6.07) is 3.81. The van der Waals surface area contributed by atoms with Crippen LogP contribution in [-0.4, -0.2) is 23.4 Å². The number of nitro groups is 1. The lowest BCUT2D eigenvalue weighted by atomic mass is 10.1. The lowest BCUT2D eigenvalue weighted by Gasteiger charge is -2.09. The third kappa shape index (κ3) is 5.07. The van der Waals surface area contributed by atoms with Gasteiger partial charge in [-0.15, -0.1) is 0 Å². The largest absolute Gasteiger partial charge is 0.456 e. The Bertz CT molecular complexity index is 659. The van der Waals surface area contributed by atoms with Crippen molar-refractivity contribution in [1.29, 1.82) is 0 Å². The van der Waals surface area contributed by atoms with E-state index in [1.54, 1.807) is 0 Å². The predicted octanol–water partition coefficient (Wildman–Crippen LogP) is 3.09. The van der Waals surface area contributed by atoms with Crippen molar-refractivity contribution in [3.8, 4) is 0 Å². The van der Waals surface area contributed by atoms with Crippen LogP contribution in [0.15, 0.2) is 30.4 Å². The number of nitrogens with one attached hydrogen (secondary N) is 1. The Balaban J connectivity index is 1.87. The number of nitro benzene ring substituents is 1. The van der Waals surface area contributed by atoms with Crippen molar-refractivity contribution in [2.24, 2.45) is 5.92 Å². The van der Waals surface area contributed by atoms with E-state index in [2.05, 4.69) is 5.32 Å². The Hall–Kier alpha value is -2.41. The van der Waals surface area contributed by atoms with Gasteiger partial charge in [0, 0.05) is 11.1 Å². The highest BCUT2D eigenvalue weighted by molar-refractivity contribution is 6.31. The molecule has 0 saturated carbocycles. The van der Waals surface area contributed by atoms with Crippen molar-refractivity contribution in [2.75, 3.05) is 11.9 Å². The van der Waals surface area contributed by atoms with Gasteiger partial charge in [0.1, 0.15) is 5.69 Å². The summed E-state index contributed by atoms with van der Waals surface area (Å²) >= 11 is 5.76. The molecular weight excluding hydrogens is 324 g/mol. The number of allylic oxidation sites excluding steroid dienone is 2. The molecule has 0 heterocycles. The second-order valence-electron chi connectivity index (χ2n) is 5.10. The molecule has 1 atom stereocenters. The SMILES string of the molecule is O=C(COC(=O)C[C@@H]1C=CCC1)Nc1cc(Cl)ccc1[N+](=O)[O-]. The average molecular weight is 339 g/mol. The maximum Gasteiger partial charge on any atom is 0.306 e. The van der Waals surface area contributed by atoms with Gasteiger partial charge in [-0.3, -0.25) is 19.7 Å². The summed E-state index contributed by atoms with van der Waals surface area (Å²) < 4.78 is 4.88. The number of ether oxygens (including phenoxy) is 1. The molecule has 1 aliphatic rings. The quantitative estimate of drug-likeness (QED) is 0.372. The molecule has 0 spiro atoms. The molecule has 23 heavy (non-hydrogen) atoms. The molecule has 1 aromatic rings. The van der Waals surface area contributed by atoms with Crippen molar-refractivity contribution >= 4 is 34.9 Å². The Morgan fingerprint density at radius 3 is 2.87 bits per heavy atom.